The summed E-state index contributed by atoms with van der Waals surface area (Å²) in [6.45, 7) is 4.00. The van der Waals surface area contributed by atoms with Gasteiger partial charge in [-0.1, -0.05) is 12.1 Å². The fourth-order valence-electron chi connectivity index (χ4n) is 2.49. The van der Waals surface area contributed by atoms with Crippen molar-refractivity contribution in [2.75, 3.05) is 4.72 Å². The number of para-hydroxylation sites is 1. The van der Waals surface area contributed by atoms with Gasteiger partial charge in [0.05, 0.1) is 11.9 Å². The van der Waals surface area contributed by atoms with Crippen LogP contribution in [0.25, 0.3) is 0 Å². The summed E-state index contributed by atoms with van der Waals surface area (Å²) in [5.74, 6) is 0.617. The van der Waals surface area contributed by atoms with E-state index in [1.165, 1.54) is 17.1 Å². The molecule has 0 spiro atoms. The van der Waals surface area contributed by atoms with E-state index in [4.69, 9.17) is 4.74 Å². The predicted molar refractivity (Wildman–Crippen MR) is 83.5 cm³/mol. The molecule has 7 heteroatoms. The quantitative estimate of drug-likeness (QED) is 0.941. The molecule has 6 nitrogen and oxygen atoms in total. The van der Waals surface area contributed by atoms with Crippen molar-refractivity contribution in [3.63, 3.8) is 0 Å². The lowest BCUT2D eigenvalue weighted by molar-refractivity contribution is 0.0857. The molecule has 0 unspecified atom stereocenters. The zero-order valence-corrected chi connectivity index (χ0v) is 13.6. The summed E-state index contributed by atoms with van der Waals surface area (Å²) >= 11 is 0. The molecule has 3 rings (SSSR count). The van der Waals surface area contributed by atoms with Crippen molar-refractivity contribution in [1.82, 2.24) is 9.78 Å². The topological polar surface area (TPSA) is 73.2 Å². The fraction of sp³-hybridized carbons (Fsp3) is 0.400. The lowest BCUT2D eigenvalue weighted by atomic mass is 9.94. The number of nitrogens with zero attached hydrogens (tertiary/aromatic N) is 2. The Bertz CT molecular complexity index is 809. The predicted octanol–water partition coefficient (Wildman–Crippen LogP) is 2.32. The van der Waals surface area contributed by atoms with Crippen LogP contribution in [0.2, 0.25) is 0 Å². The SMILES string of the molecule is Cn1cc(S(=O)(=O)Nc2cccc3c2OC(C)(C)CC3)cn1. The van der Waals surface area contributed by atoms with Crippen molar-refractivity contribution in [3.8, 4) is 5.75 Å². The van der Waals surface area contributed by atoms with Gasteiger partial charge in [-0.05, 0) is 38.3 Å². The van der Waals surface area contributed by atoms with Crippen LogP contribution in [0.15, 0.2) is 35.5 Å². The maximum atomic E-state index is 12.4. The summed E-state index contributed by atoms with van der Waals surface area (Å²) in [7, 11) is -2.00. The van der Waals surface area contributed by atoms with Gasteiger partial charge in [0, 0.05) is 13.2 Å². The molecule has 0 atom stereocenters. The van der Waals surface area contributed by atoms with Crippen LogP contribution in [-0.2, 0) is 23.5 Å². The van der Waals surface area contributed by atoms with Gasteiger partial charge in [0.25, 0.3) is 10.0 Å². The second kappa shape index (κ2) is 5.01. The van der Waals surface area contributed by atoms with Crippen molar-refractivity contribution >= 4 is 15.7 Å². The normalized spacial score (nSPS) is 16.7. The molecule has 1 aliphatic heterocycles. The number of aryl methyl sites for hydroxylation is 2. The summed E-state index contributed by atoms with van der Waals surface area (Å²) in [6.07, 6.45) is 4.55. The Morgan fingerprint density at radius 2 is 2.14 bits per heavy atom. The molecule has 0 saturated heterocycles. The van der Waals surface area contributed by atoms with E-state index in [1.54, 1.807) is 13.1 Å². The Labute approximate surface area is 130 Å². The minimum atomic E-state index is -3.68. The number of rotatable bonds is 3. The summed E-state index contributed by atoms with van der Waals surface area (Å²) in [4.78, 5) is 0.127. The number of sulfonamides is 1. The minimum Gasteiger partial charge on any atom is -0.485 e. The van der Waals surface area contributed by atoms with E-state index < -0.39 is 10.0 Å². The standard InChI is InChI=1S/C15H19N3O3S/c1-15(2)8-7-11-5-4-6-13(14(11)21-15)17-22(19,20)12-9-16-18(3)10-12/h4-6,9-10,17H,7-8H2,1-3H3. The van der Waals surface area contributed by atoms with Crippen LogP contribution in [0.3, 0.4) is 0 Å². The number of fused-ring (bicyclic) bond motifs is 1. The molecular weight excluding hydrogens is 302 g/mol. The van der Waals surface area contributed by atoms with Gasteiger partial charge in [-0.2, -0.15) is 5.10 Å². The molecule has 0 saturated carbocycles. The Morgan fingerprint density at radius 1 is 1.36 bits per heavy atom. The van der Waals surface area contributed by atoms with Gasteiger partial charge < -0.3 is 4.74 Å². The van der Waals surface area contributed by atoms with E-state index in [9.17, 15) is 8.42 Å². The maximum Gasteiger partial charge on any atom is 0.265 e. The van der Waals surface area contributed by atoms with E-state index in [1.807, 2.05) is 26.0 Å². The molecule has 2 heterocycles. The van der Waals surface area contributed by atoms with Gasteiger partial charge in [0.1, 0.15) is 16.2 Å². The highest BCUT2D eigenvalue weighted by molar-refractivity contribution is 7.92. The molecule has 1 aliphatic rings. The summed E-state index contributed by atoms with van der Waals surface area (Å²) in [5.41, 5.74) is 1.18. The largest absolute Gasteiger partial charge is 0.485 e. The number of hydrogen-bond donors (Lipinski definition) is 1. The molecule has 0 bridgehead atoms. The minimum absolute atomic E-state index is 0.127. The Hall–Kier alpha value is -2.02. The zero-order chi connectivity index (χ0) is 16.0. The van der Waals surface area contributed by atoms with E-state index in [0.29, 0.717) is 11.4 Å². The van der Waals surface area contributed by atoms with Crippen LogP contribution in [-0.4, -0.2) is 23.8 Å². The number of nitrogens with one attached hydrogen (secondary N) is 1. The Balaban J connectivity index is 1.97. The molecule has 1 N–H and O–H groups in total. The van der Waals surface area contributed by atoms with Crippen molar-refractivity contribution in [2.45, 2.75) is 37.2 Å². The average Bonchev–Trinajstić information content (AvgIpc) is 2.86. The number of aromatic nitrogens is 2. The van der Waals surface area contributed by atoms with Gasteiger partial charge in [-0.3, -0.25) is 9.40 Å². The summed E-state index contributed by atoms with van der Waals surface area (Å²) in [5, 5.41) is 3.90. The monoisotopic (exact) mass is 321 g/mol. The van der Waals surface area contributed by atoms with Crippen LogP contribution in [0.5, 0.6) is 5.75 Å². The lowest BCUT2D eigenvalue weighted by Gasteiger charge is -2.33. The molecule has 1 aromatic heterocycles. The maximum absolute atomic E-state index is 12.4. The molecule has 0 amide bonds. The van der Waals surface area contributed by atoms with Crippen molar-refractivity contribution in [2.24, 2.45) is 7.05 Å². The highest BCUT2D eigenvalue weighted by atomic mass is 32.2. The highest BCUT2D eigenvalue weighted by Crippen LogP contribution is 2.39. The van der Waals surface area contributed by atoms with Crippen LogP contribution < -0.4 is 9.46 Å². The van der Waals surface area contributed by atoms with Gasteiger partial charge in [-0.15, -0.1) is 0 Å². The van der Waals surface area contributed by atoms with Crippen LogP contribution >= 0.6 is 0 Å². The van der Waals surface area contributed by atoms with Gasteiger partial charge >= 0.3 is 0 Å². The van der Waals surface area contributed by atoms with E-state index in [0.717, 1.165) is 18.4 Å². The van der Waals surface area contributed by atoms with E-state index in [-0.39, 0.29) is 10.5 Å². The molecule has 22 heavy (non-hydrogen) atoms. The fourth-order valence-corrected chi connectivity index (χ4v) is 3.53. The van der Waals surface area contributed by atoms with Gasteiger partial charge in [0.2, 0.25) is 0 Å². The Morgan fingerprint density at radius 3 is 2.82 bits per heavy atom. The molecule has 118 valence electrons. The third-order valence-electron chi connectivity index (χ3n) is 3.71. The first-order valence-electron chi connectivity index (χ1n) is 7.09. The smallest absolute Gasteiger partial charge is 0.265 e. The van der Waals surface area contributed by atoms with Crippen LogP contribution in [0.4, 0.5) is 5.69 Å². The van der Waals surface area contributed by atoms with Crippen molar-refractivity contribution < 1.29 is 13.2 Å². The number of anilines is 1. The van der Waals surface area contributed by atoms with Gasteiger partial charge in [-0.25, -0.2) is 8.42 Å². The first kappa shape index (κ1) is 14.9. The average molecular weight is 321 g/mol. The van der Waals surface area contributed by atoms with Crippen LogP contribution in [0.1, 0.15) is 25.8 Å². The number of benzene rings is 1. The van der Waals surface area contributed by atoms with Crippen LogP contribution in [0, 0.1) is 0 Å². The number of hydrogen-bond acceptors (Lipinski definition) is 4. The first-order valence-corrected chi connectivity index (χ1v) is 8.58. The van der Waals surface area contributed by atoms with E-state index in [2.05, 4.69) is 9.82 Å². The highest BCUT2D eigenvalue weighted by Gasteiger charge is 2.29. The second-order valence-corrected chi connectivity index (χ2v) is 7.79. The first-order chi connectivity index (χ1) is 10.3. The van der Waals surface area contributed by atoms with Gasteiger partial charge in [0.15, 0.2) is 0 Å². The molecule has 0 radical (unpaired) electrons. The number of ether oxygens (including phenoxy) is 1. The molecular formula is C15H19N3O3S. The molecule has 1 aromatic carbocycles. The molecule has 2 aromatic rings. The zero-order valence-electron chi connectivity index (χ0n) is 12.8. The Kier molecular flexibility index (Phi) is 3.40. The molecule has 0 fully saturated rings. The lowest BCUT2D eigenvalue weighted by Crippen LogP contribution is -2.33. The third-order valence-corrected chi connectivity index (χ3v) is 5.03. The summed E-state index contributed by atoms with van der Waals surface area (Å²) in [6, 6.07) is 5.52. The van der Waals surface area contributed by atoms with Crippen molar-refractivity contribution in [1.29, 1.82) is 0 Å². The molecule has 0 aliphatic carbocycles. The third kappa shape index (κ3) is 2.81. The summed E-state index contributed by atoms with van der Waals surface area (Å²) < 4.78 is 34.9. The second-order valence-electron chi connectivity index (χ2n) is 6.11. The van der Waals surface area contributed by atoms with E-state index >= 15 is 0 Å². The van der Waals surface area contributed by atoms with Crippen molar-refractivity contribution in [3.05, 3.63) is 36.2 Å².